The number of guanidine groups is 1. The lowest BCUT2D eigenvalue weighted by Gasteiger charge is -2.40. The number of aliphatic imine (C=N–C) groups is 1. The van der Waals surface area contributed by atoms with Gasteiger partial charge in [0.1, 0.15) is 0 Å². The quantitative estimate of drug-likeness (QED) is 0.654. The zero-order valence-corrected chi connectivity index (χ0v) is 15.4. The summed E-state index contributed by atoms with van der Waals surface area (Å²) in [5.41, 5.74) is 1.30. The first-order valence-corrected chi connectivity index (χ1v) is 8.82. The van der Waals surface area contributed by atoms with Crippen molar-refractivity contribution in [1.29, 1.82) is 0 Å². The lowest BCUT2D eigenvalue weighted by atomic mass is 9.85. The van der Waals surface area contributed by atoms with Crippen LogP contribution in [0.2, 0.25) is 5.02 Å². The lowest BCUT2D eigenvalue weighted by Crippen LogP contribution is -2.46. The number of piperidine rings is 1. The molecular formula is C18H29ClN4. The van der Waals surface area contributed by atoms with Gasteiger partial charge in [0.05, 0.1) is 0 Å². The Balaban J connectivity index is 2.08. The van der Waals surface area contributed by atoms with E-state index in [4.69, 9.17) is 11.6 Å². The first-order chi connectivity index (χ1) is 11.0. The molecule has 2 atom stereocenters. The molecule has 1 fully saturated rings. The molecule has 1 aromatic rings. The van der Waals surface area contributed by atoms with Crippen LogP contribution in [-0.4, -0.2) is 44.1 Å². The van der Waals surface area contributed by atoms with Crippen LogP contribution in [-0.2, 0) is 0 Å². The number of likely N-dealkylation sites (tertiary alicyclic amines) is 1. The zero-order valence-electron chi connectivity index (χ0n) is 14.6. The highest BCUT2D eigenvalue weighted by molar-refractivity contribution is 6.30. The molecular weight excluding hydrogens is 308 g/mol. The number of hydrogen-bond donors (Lipinski definition) is 2. The fraction of sp³-hybridized carbons (Fsp3) is 0.611. The van der Waals surface area contributed by atoms with Crippen molar-refractivity contribution in [3.63, 3.8) is 0 Å². The largest absolute Gasteiger partial charge is 0.356 e. The Morgan fingerprint density at radius 1 is 1.43 bits per heavy atom. The first kappa shape index (κ1) is 18.1. The number of hydrogen-bond acceptors (Lipinski definition) is 2. The summed E-state index contributed by atoms with van der Waals surface area (Å²) in [5.74, 6) is 1.41. The molecule has 5 heteroatoms. The summed E-state index contributed by atoms with van der Waals surface area (Å²) >= 11 is 6.20. The van der Waals surface area contributed by atoms with Crippen LogP contribution in [0.1, 0.15) is 38.3 Å². The SMILES string of the molecule is CN=C(NCC1CCCN(C)C1c1cccc(Cl)c1)NC(C)C. The number of nitrogens with zero attached hydrogens (tertiary/aromatic N) is 2. The monoisotopic (exact) mass is 336 g/mol. The van der Waals surface area contributed by atoms with Crippen LogP contribution in [0.5, 0.6) is 0 Å². The van der Waals surface area contributed by atoms with E-state index in [2.05, 4.69) is 53.6 Å². The van der Waals surface area contributed by atoms with E-state index in [9.17, 15) is 0 Å². The molecule has 1 aromatic carbocycles. The molecule has 1 aliphatic rings. The van der Waals surface area contributed by atoms with Crippen molar-refractivity contribution in [3.05, 3.63) is 34.9 Å². The third-order valence-corrected chi connectivity index (χ3v) is 4.61. The Labute approximate surface area is 145 Å². The molecule has 4 nitrogen and oxygen atoms in total. The summed E-state index contributed by atoms with van der Waals surface area (Å²) in [7, 11) is 4.03. The van der Waals surface area contributed by atoms with Gasteiger partial charge in [-0.3, -0.25) is 9.89 Å². The van der Waals surface area contributed by atoms with Gasteiger partial charge in [0.25, 0.3) is 0 Å². The van der Waals surface area contributed by atoms with E-state index in [-0.39, 0.29) is 0 Å². The van der Waals surface area contributed by atoms with Crippen LogP contribution in [0, 0.1) is 5.92 Å². The lowest BCUT2D eigenvalue weighted by molar-refractivity contribution is 0.122. The van der Waals surface area contributed by atoms with Gasteiger partial charge in [0.2, 0.25) is 0 Å². The standard InChI is InChI=1S/C18H29ClN4/c1-13(2)22-18(20-3)21-12-15-8-6-10-23(4)17(15)14-7-5-9-16(19)11-14/h5,7,9,11,13,15,17H,6,8,10,12H2,1-4H3,(H2,20,21,22). The van der Waals surface area contributed by atoms with Gasteiger partial charge in [0.15, 0.2) is 5.96 Å². The second-order valence-corrected chi connectivity index (χ2v) is 7.07. The summed E-state index contributed by atoms with van der Waals surface area (Å²) < 4.78 is 0. The maximum Gasteiger partial charge on any atom is 0.191 e. The minimum atomic E-state index is 0.374. The van der Waals surface area contributed by atoms with Gasteiger partial charge in [-0.1, -0.05) is 23.7 Å². The van der Waals surface area contributed by atoms with E-state index in [1.807, 2.05) is 19.2 Å². The van der Waals surface area contributed by atoms with E-state index >= 15 is 0 Å². The minimum absolute atomic E-state index is 0.374. The van der Waals surface area contributed by atoms with E-state index in [0.29, 0.717) is 18.0 Å². The van der Waals surface area contributed by atoms with Crippen LogP contribution in [0.4, 0.5) is 0 Å². The van der Waals surface area contributed by atoms with Crippen molar-refractivity contribution >= 4 is 17.6 Å². The third-order valence-electron chi connectivity index (χ3n) is 4.38. The Morgan fingerprint density at radius 3 is 2.87 bits per heavy atom. The molecule has 0 aromatic heterocycles. The number of nitrogens with one attached hydrogen (secondary N) is 2. The average molecular weight is 337 g/mol. The topological polar surface area (TPSA) is 39.7 Å². The normalized spacial score (nSPS) is 23.1. The van der Waals surface area contributed by atoms with Gasteiger partial charge in [0, 0.05) is 30.7 Å². The van der Waals surface area contributed by atoms with Crippen LogP contribution in [0.25, 0.3) is 0 Å². The van der Waals surface area contributed by atoms with Crippen molar-refractivity contribution in [3.8, 4) is 0 Å². The van der Waals surface area contributed by atoms with Crippen molar-refractivity contribution in [2.75, 3.05) is 27.2 Å². The second kappa shape index (κ2) is 8.55. The van der Waals surface area contributed by atoms with Gasteiger partial charge in [-0.05, 0) is 63.9 Å². The molecule has 1 aliphatic heterocycles. The Kier molecular flexibility index (Phi) is 6.72. The Morgan fingerprint density at radius 2 is 2.22 bits per heavy atom. The molecule has 2 N–H and O–H groups in total. The summed E-state index contributed by atoms with van der Waals surface area (Å²) in [4.78, 5) is 6.75. The molecule has 0 radical (unpaired) electrons. The predicted molar refractivity (Wildman–Crippen MR) is 99.2 cm³/mol. The van der Waals surface area contributed by atoms with E-state index in [0.717, 1.165) is 24.1 Å². The second-order valence-electron chi connectivity index (χ2n) is 6.63. The fourth-order valence-electron chi connectivity index (χ4n) is 3.39. The number of halogens is 1. The zero-order chi connectivity index (χ0) is 16.8. The third kappa shape index (κ3) is 5.11. The number of rotatable bonds is 4. The van der Waals surface area contributed by atoms with Crippen molar-refractivity contribution < 1.29 is 0 Å². The van der Waals surface area contributed by atoms with Gasteiger partial charge < -0.3 is 10.6 Å². The maximum atomic E-state index is 6.20. The highest BCUT2D eigenvalue weighted by atomic mass is 35.5. The summed E-state index contributed by atoms with van der Waals surface area (Å²) in [6.07, 6.45) is 2.45. The smallest absolute Gasteiger partial charge is 0.191 e. The van der Waals surface area contributed by atoms with Gasteiger partial charge in [-0.25, -0.2) is 0 Å². The van der Waals surface area contributed by atoms with Crippen molar-refractivity contribution in [1.82, 2.24) is 15.5 Å². The highest BCUT2D eigenvalue weighted by Gasteiger charge is 2.30. The van der Waals surface area contributed by atoms with Gasteiger partial charge >= 0.3 is 0 Å². The van der Waals surface area contributed by atoms with Crippen molar-refractivity contribution in [2.45, 2.75) is 38.8 Å². The highest BCUT2D eigenvalue weighted by Crippen LogP contribution is 2.35. The van der Waals surface area contributed by atoms with Crippen molar-refractivity contribution in [2.24, 2.45) is 10.9 Å². The van der Waals surface area contributed by atoms with Gasteiger partial charge in [-0.15, -0.1) is 0 Å². The van der Waals surface area contributed by atoms with E-state index in [1.165, 1.54) is 18.4 Å². The molecule has 128 valence electrons. The van der Waals surface area contributed by atoms with Crippen LogP contribution in [0.15, 0.2) is 29.3 Å². The average Bonchev–Trinajstić information content (AvgIpc) is 2.51. The van der Waals surface area contributed by atoms with Crippen LogP contribution < -0.4 is 10.6 Å². The predicted octanol–water partition coefficient (Wildman–Crippen LogP) is 3.30. The Hall–Kier alpha value is -1.26. The molecule has 2 rings (SSSR count). The van der Waals surface area contributed by atoms with E-state index in [1.54, 1.807) is 0 Å². The summed E-state index contributed by atoms with van der Waals surface area (Å²) in [6.45, 7) is 6.28. The van der Waals surface area contributed by atoms with Crippen LogP contribution in [0.3, 0.4) is 0 Å². The summed E-state index contributed by atoms with van der Waals surface area (Å²) in [6, 6.07) is 9.04. The minimum Gasteiger partial charge on any atom is -0.356 e. The summed E-state index contributed by atoms with van der Waals surface area (Å²) in [5, 5.41) is 7.64. The maximum absolute atomic E-state index is 6.20. The molecule has 0 bridgehead atoms. The molecule has 0 spiro atoms. The molecule has 0 aliphatic carbocycles. The molecule has 0 amide bonds. The molecule has 0 saturated carbocycles. The molecule has 1 heterocycles. The van der Waals surface area contributed by atoms with Crippen LogP contribution >= 0.6 is 11.6 Å². The molecule has 23 heavy (non-hydrogen) atoms. The van der Waals surface area contributed by atoms with Gasteiger partial charge in [-0.2, -0.15) is 0 Å². The van der Waals surface area contributed by atoms with E-state index < -0.39 is 0 Å². The first-order valence-electron chi connectivity index (χ1n) is 8.44. The fourth-order valence-corrected chi connectivity index (χ4v) is 3.59. The number of benzene rings is 1. The molecule has 1 saturated heterocycles. The Bertz CT molecular complexity index is 530. The molecule has 2 unspecified atom stereocenters.